The van der Waals surface area contributed by atoms with Crippen LogP contribution < -0.4 is 9.47 Å². The molecule has 0 spiro atoms. The summed E-state index contributed by atoms with van der Waals surface area (Å²) in [5.41, 5.74) is -2.70. The average Bonchev–Trinajstić information content (AvgIpc) is 3.29. The molecular formula is C28H29F6N3O3S. The lowest BCUT2D eigenvalue weighted by molar-refractivity contribution is -0.143. The van der Waals surface area contributed by atoms with E-state index < -0.39 is 35.6 Å². The second-order valence-electron chi connectivity index (χ2n) is 9.56. The third-order valence-corrected chi connectivity index (χ3v) is 7.74. The SMILES string of the molecule is CCCCN1CCN(C2=NC(=O)/C(=C/c3ccc(OCc4ccc(C(F)(F)F)cc4C(F)(F)F)c(OC)c3)S2)CC1. The number of piperazine rings is 1. The van der Waals surface area contributed by atoms with Crippen molar-refractivity contribution in [1.82, 2.24) is 9.80 Å². The summed E-state index contributed by atoms with van der Waals surface area (Å²) in [4.78, 5) is 21.7. The minimum absolute atomic E-state index is 0.0736. The highest BCUT2D eigenvalue weighted by Crippen LogP contribution is 2.39. The molecule has 222 valence electrons. The zero-order chi connectivity index (χ0) is 29.8. The Kier molecular flexibility index (Phi) is 9.58. The number of benzene rings is 2. The van der Waals surface area contributed by atoms with Gasteiger partial charge in [0.1, 0.15) is 6.61 Å². The molecule has 4 rings (SSSR count). The van der Waals surface area contributed by atoms with Crippen molar-refractivity contribution < 1.29 is 40.6 Å². The maximum atomic E-state index is 13.5. The molecule has 2 heterocycles. The molecule has 6 nitrogen and oxygen atoms in total. The van der Waals surface area contributed by atoms with Crippen molar-refractivity contribution in [3.05, 3.63) is 63.6 Å². The summed E-state index contributed by atoms with van der Waals surface area (Å²) in [6.07, 6.45) is -5.99. The summed E-state index contributed by atoms with van der Waals surface area (Å²) < 4.78 is 90.1. The minimum Gasteiger partial charge on any atom is -0.493 e. The number of hydrogen-bond acceptors (Lipinski definition) is 6. The number of amidine groups is 1. The number of carbonyl (C=O) groups excluding carboxylic acids is 1. The molecule has 0 aliphatic carbocycles. The Hall–Kier alpha value is -3.19. The van der Waals surface area contributed by atoms with Crippen molar-refractivity contribution in [3.8, 4) is 11.5 Å². The molecule has 1 amide bonds. The summed E-state index contributed by atoms with van der Waals surface area (Å²) in [7, 11) is 1.34. The van der Waals surface area contributed by atoms with Crippen molar-refractivity contribution in [3.63, 3.8) is 0 Å². The highest BCUT2D eigenvalue weighted by atomic mass is 32.2. The number of alkyl halides is 6. The number of carbonyl (C=O) groups is 1. The first-order valence-corrected chi connectivity index (χ1v) is 13.8. The van der Waals surface area contributed by atoms with Crippen LogP contribution in [-0.4, -0.2) is 60.7 Å². The molecular weight excluding hydrogens is 572 g/mol. The number of nitrogens with zero attached hydrogens (tertiary/aromatic N) is 3. The third-order valence-electron chi connectivity index (χ3n) is 6.69. The summed E-state index contributed by atoms with van der Waals surface area (Å²) in [5.74, 6) is -0.0924. The van der Waals surface area contributed by atoms with Crippen LogP contribution in [0.15, 0.2) is 46.3 Å². The number of unbranched alkanes of at least 4 members (excludes halogenated alkanes) is 1. The fourth-order valence-electron chi connectivity index (χ4n) is 4.42. The van der Waals surface area contributed by atoms with Gasteiger partial charge in [0.25, 0.3) is 5.91 Å². The molecule has 1 saturated heterocycles. The van der Waals surface area contributed by atoms with Gasteiger partial charge in [0.15, 0.2) is 16.7 Å². The molecule has 0 bridgehead atoms. The van der Waals surface area contributed by atoms with Gasteiger partial charge in [-0.15, -0.1) is 0 Å². The lowest BCUT2D eigenvalue weighted by atomic mass is 10.0. The van der Waals surface area contributed by atoms with Gasteiger partial charge < -0.3 is 14.4 Å². The Bertz CT molecular complexity index is 1320. The Morgan fingerprint density at radius 2 is 1.71 bits per heavy atom. The summed E-state index contributed by atoms with van der Waals surface area (Å²) in [6.45, 7) is 5.96. The third kappa shape index (κ3) is 7.76. The minimum atomic E-state index is -5.00. The Labute approximate surface area is 238 Å². The number of rotatable bonds is 8. The number of halogens is 6. The summed E-state index contributed by atoms with van der Waals surface area (Å²) in [6, 6.07) is 6.02. The molecule has 1 fully saturated rings. The van der Waals surface area contributed by atoms with Crippen LogP contribution >= 0.6 is 11.8 Å². The fourth-order valence-corrected chi connectivity index (χ4v) is 5.39. The van der Waals surface area contributed by atoms with Crippen molar-refractivity contribution in [2.75, 3.05) is 39.8 Å². The van der Waals surface area contributed by atoms with E-state index in [1.807, 2.05) is 0 Å². The van der Waals surface area contributed by atoms with Crippen LogP contribution in [0.2, 0.25) is 0 Å². The maximum absolute atomic E-state index is 13.5. The fraction of sp³-hybridized carbons (Fsp3) is 0.429. The number of ether oxygens (including phenoxy) is 2. The molecule has 2 aromatic rings. The van der Waals surface area contributed by atoms with Crippen LogP contribution in [0.25, 0.3) is 6.08 Å². The monoisotopic (exact) mass is 601 g/mol. The molecule has 2 aromatic carbocycles. The number of methoxy groups -OCH3 is 1. The van der Waals surface area contributed by atoms with Gasteiger partial charge in [-0.2, -0.15) is 31.3 Å². The van der Waals surface area contributed by atoms with Crippen LogP contribution in [0.4, 0.5) is 26.3 Å². The van der Waals surface area contributed by atoms with Crippen molar-refractivity contribution >= 4 is 28.9 Å². The van der Waals surface area contributed by atoms with Crippen LogP contribution in [-0.2, 0) is 23.8 Å². The van der Waals surface area contributed by atoms with E-state index in [4.69, 9.17) is 9.47 Å². The van der Waals surface area contributed by atoms with Gasteiger partial charge in [-0.05, 0) is 60.6 Å². The molecule has 0 N–H and O–H groups in total. The van der Waals surface area contributed by atoms with Crippen LogP contribution in [0.5, 0.6) is 11.5 Å². The Balaban J connectivity index is 1.43. The van der Waals surface area contributed by atoms with E-state index in [1.54, 1.807) is 18.2 Å². The zero-order valence-corrected chi connectivity index (χ0v) is 23.3. The van der Waals surface area contributed by atoms with E-state index in [2.05, 4.69) is 21.7 Å². The van der Waals surface area contributed by atoms with Gasteiger partial charge in [0, 0.05) is 31.7 Å². The van der Waals surface area contributed by atoms with Crippen LogP contribution in [0.3, 0.4) is 0 Å². The highest BCUT2D eigenvalue weighted by molar-refractivity contribution is 8.18. The summed E-state index contributed by atoms with van der Waals surface area (Å²) >= 11 is 1.28. The largest absolute Gasteiger partial charge is 0.493 e. The normalized spacial score (nSPS) is 17.8. The number of amides is 1. The molecule has 2 aliphatic rings. The highest BCUT2D eigenvalue weighted by Gasteiger charge is 2.38. The topological polar surface area (TPSA) is 54.4 Å². The van der Waals surface area contributed by atoms with E-state index in [9.17, 15) is 31.1 Å². The first-order valence-electron chi connectivity index (χ1n) is 13.0. The predicted octanol–water partition coefficient (Wildman–Crippen LogP) is 6.70. The first kappa shape index (κ1) is 30.8. The number of aliphatic imine (C=N–C) groups is 1. The van der Waals surface area contributed by atoms with Gasteiger partial charge in [0.2, 0.25) is 0 Å². The standard InChI is InChI=1S/C28H29F6N3O3S/c1-3-4-9-36-10-12-37(13-11-36)26-35-25(38)24(41-26)15-18-5-8-22(23(14-18)39-2)40-17-19-6-7-20(27(29,30)31)16-21(19)28(32,33)34/h5-8,14-16H,3-4,9-13,17H2,1-2H3/b24-15-. The van der Waals surface area contributed by atoms with Gasteiger partial charge in [-0.25, -0.2) is 0 Å². The molecule has 0 saturated carbocycles. The second kappa shape index (κ2) is 12.8. The van der Waals surface area contributed by atoms with Crippen LogP contribution in [0.1, 0.15) is 42.0 Å². The Morgan fingerprint density at radius 3 is 2.34 bits per heavy atom. The Morgan fingerprint density at radius 1 is 0.976 bits per heavy atom. The molecule has 41 heavy (non-hydrogen) atoms. The van der Waals surface area contributed by atoms with E-state index in [1.165, 1.54) is 24.9 Å². The quantitative estimate of drug-likeness (QED) is 0.248. The molecule has 0 aromatic heterocycles. The van der Waals surface area contributed by atoms with Gasteiger partial charge in [-0.1, -0.05) is 25.5 Å². The van der Waals surface area contributed by atoms with Crippen molar-refractivity contribution in [1.29, 1.82) is 0 Å². The number of hydrogen-bond donors (Lipinski definition) is 0. The maximum Gasteiger partial charge on any atom is 0.416 e. The smallest absolute Gasteiger partial charge is 0.416 e. The van der Waals surface area contributed by atoms with E-state index in [0.29, 0.717) is 21.7 Å². The molecule has 13 heteroatoms. The van der Waals surface area contributed by atoms with Gasteiger partial charge in [0.05, 0.1) is 23.1 Å². The van der Waals surface area contributed by atoms with Crippen LogP contribution in [0, 0.1) is 0 Å². The zero-order valence-electron chi connectivity index (χ0n) is 22.4. The lowest BCUT2D eigenvalue weighted by Crippen LogP contribution is -2.47. The predicted molar refractivity (Wildman–Crippen MR) is 145 cm³/mol. The molecule has 0 radical (unpaired) electrons. The second-order valence-corrected chi connectivity index (χ2v) is 10.6. The molecule has 0 unspecified atom stereocenters. The van der Waals surface area contributed by atoms with Gasteiger partial charge in [-0.3, -0.25) is 9.69 Å². The lowest BCUT2D eigenvalue weighted by Gasteiger charge is -2.35. The first-order chi connectivity index (χ1) is 19.4. The summed E-state index contributed by atoms with van der Waals surface area (Å²) in [5, 5.41) is 0.653. The average molecular weight is 602 g/mol. The van der Waals surface area contributed by atoms with E-state index >= 15 is 0 Å². The van der Waals surface area contributed by atoms with E-state index in [0.717, 1.165) is 51.6 Å². The van der Waals surface area contributed by atoms with Crippen molar-refractivity contribution in [2.45, 2.75) is 38.7 Å². The molecule has 0 atom stereocenters. The molecule has 2 aliphatic heterocycles. The van der Waals surface area contributed by atoms with E-state index in [-0.39, 0.29) is 23.5 Å². The van der Waals surface area contributed by atoms with Crippen molar-refractivity contribution in [2.24, 2.45) is 4.99 Å². The van der Waals surface area contributed by atoms with Gasteiger partial charge >= 0.3 is 12.4 Å². The number of thioether (sulfide) groups is 1.